The number of rotatable bonds is 0. The van der Waals surface area contributed by atoms with Crippen molar-refractivity contribution in [1.29, 1.82) is 0 Å². The Kier molecular flexibility index (Phi) is 1.83. The van der Waals surface area contributed by atoms with Gasteiger partial charge < -0.3 is 0 Å². The van der Waals surface area contributed by atoms with E-state index in [1.165, 1.54) is 0 Å². The predicted molar refractivity (Wildman–Crippen MR) is 44.6 cm³/mol. The highest BCUT2D eigenvalue weighted by Crippen LogP contribution is 2.11. The molecule has 4 nitrogen and oxygen atoms in total. The summed E-state index contributed by atoms with van der Waals surface area (Å²) < 4.78 is 0. The molecule has 1 aromatic carbocycles. The number of nitrogens with one attached hydrogen (secondary N) is 2. The minimum Gasteiger partial charge on any atom is -0.292 e. The summed E-state index contributed by atoms with van der Waals surface area (Å²) in [5.41, 5.74) is 5.34. The monoisotopic (exact) mass is 174 g/mol. The Bertz CT molecular complexity index is 339. The largest absolute Gasteiger partial charge is 0.292 e. The quantitative estimate of drug-likeness (QED) is 0.588. The fourth-order valence-corrected chi connectivity index (χ4v) is 1.16. The van der Waals surface area contributed by atoms with Gasteiger partial charge in [0.1, 0.15) is 0 Å². The fraction of sp³-hybridized carbons (Fsp3) is 0. The molecule has 0 spiro atoms. The van der Waals surface area contributed by atoms with Crippen molar-refractivity contribution in [2.45, 2.75) is 0 Å². The number of Topliss-reactive ketones (excluding diaryl/α,β-unsaturated/α-hetero) is 1. The lowest BCUT2D eigenvalue weighted by Crippen LogP contribution is -2.34. The van der Waals surface area contributed by atoms with Crippen molar-refractivity contribution < 1.29 is 9.59 Å². The van der Waals surface area contributed by atoms with Gasteiger partial charge in [0.2, 0.25) is 0 Å². The van der Waals surface area contributed by atoms with Crippen LogP contribution >= 0.6 is 0 Å². The predicted octanol–water partition coefficient (Wildman–Crippen LogP) is 0.156. The van der Waals surface area contributed by atoms with Crippen LogP contribution in [0.4, 0.5) is 0 Å². The average molecular weight is 174 g/mol. The molecule has 1 aliphatic heterocycles. The number of carbonyl (C=O) groups excluding carboxylic acids is 2. The normalized spacial score (nSPS) is 16.0. The molecule has 64 valence electrons. The molecule has 0 aliphatic carbocycles. The fourth-order valence-electron chi connectivity index (χ4n) is 1.16. The first-order valence-corrected chi connectivity index (χ1v) is 3.74. The highest BCUT2D eigenvalue weighted by atomic mass is 16.2. The molecule has 0 aromatic heterocycles. The minimum atomic E-state index is -0.325. The van der Waals surface area contributed by atoms with Gasteiger partial charge in [-0.15, -0.1) is 0 Å². The first kappa shape index (κ1) is 7.94. The van der Waals surface area contributed by atoms with Crippen LogP contribution in [0.1, 0.15) is 20.7 Å². The van der Waals surface area contributed by atoms with Gasteiger partial charge in [-0.2, -0.15) is 0 Å². The number of hydrazine groups is 1. The zero-order valence-electron chi connectivity index (χ0n) is 6.63. The Morgan fingerprint density at radius 2 is 1.77 bits per heavy atom. The SMILES string of the molecule is O=C1[C]NNC(=O)c2ccccc21. The van der Waals surface area contributed by atoms with Gasteiger partial charge >= 0.3 is 0 Å². The molecule has 1 aromatic rings. The molecule has 1 aliphatic rings. The van der Waals surface area contributed by atoms with Crippen LogP contribution in [-0.2, 0) is 0 Å². The van der Waals surface area contributed by atoms with E-state index in [4.69, 9.17) is 0 Å². The van der Waals surface area contributed by atoms with E-state index in [2.05, 4.69) is 17.4 Å². The number of amides is 1. The molecule has 1 amide bonds. The lowest BCUT2D eigenvalue weighted by atomic mass is 10.0. The molecule has 2 radical (unpaired) electrons. The van der Waals surface area contributed by atoms with Gasteiger partial charge in [0, 0.05) is 5.56 Å². The van der Waals surface area contributed by atoms with E-state index in [9.17, 15) is 9.59 Å². The maximum absolute atomic E-state index is 11.3. The van der Waals surface area contributed by atoms with E-state index in [1.54, 1.807) is 24.3 Å². The van der Waals surface area contributed by atoms with Crippen molar-refractivity contribution in [3.63, 3.8) is 0 Å². The molecule has 0 unspecified atom stereocenters. The zero-order valence-corrected chi connectivity index (χ0v) is 6.63. The molecule has 0 saturated heterocycles. The van der Waals surface area contributed by atoms with Crippen LogP contribution in [-0.4, -0.2) is 11.7 Å². The molecular weight excluding hydrogens is 168 g/mol. The van der Waals surface area contributed by atoms with Crippen molar-refractivity contribution in [3.8, 4) is 0 Å². The molecule has 0 bridgehead atoms. The summed E-state index contributed by atoms with van der Waals surface area (Å²) in [6.07, 6.45) is 0. The summed E-state index contributed by atoms with van der Waals surface area (Å²) in [5, 5.41) is 0. The first-order valence-electron chi connectivity index (χ1n) is 3.74. The Morgan fingerprint density at radius 1 is 1.08 bits per heavy atom. The molecule has 0 atom stereocenters. The van der Waals surface area contributed by atoms with Crippen LogP contribution < -0.4 is 10.9 Å². The van der Waals surface area contributed by atoms with E-state index < -0.39 is 0 Å². The third kappa shape index (κ3) is 1.31. The molecule has 0 fully saturated rings. The van der Waals surface area contributed by atoms with Crippen molar-refractivity contribution in [2.24, 2.45) is 0 Å². The minimum absolute atomic E-state index is 0.325. The van der Waals surface area contributed by atoms with E-state index in [0.29, 0.717) is 11.1 Å². The van der Waals surface area contributed by atoms with Crippen LogP contribution in [0.25, 0.3) is 0 Å². The van der Waals surface area contributed by atoms with E-state index in [-0.39, 0.29) is 11.7 Å². The lowest BCUT2D eigenvalue weighted by Gasteiger charge is -2.00. The lowest BCUT2D eigenvalue weighted by molar-refractivity contribution is 0.0941. The first-order chi connectivity index (χ1) is 6.29. The van der Waals surface area contributed by atoms with Gasteiger partial charge in [-0.05, 0) is 6.07 Å². The molecule has 1 heterocycles. The Balaban J connectivity index is 2.57. The van der Waals surface area contributed by atoms with E-state index in [0.717, 1.165) is 0 Å². The van der Waals surface area contributed by atoms with Crippen LogP contribution in [0.3, 0.4) is 0 Å². The van der Waals surface area contributed by atoms with Crippen molar-refractivity contribution in [1.82, 2.24) is 10.9 Å². The summed E-state index contributed by atoms with van der Waals surface area (Å²) in [5.74, 6) is -0.650. The number of fused-ring (bicyclic) bond motifs is 1. The zero-order chi connectivity index (χ0) is 9.26. The van der Waals surface area contributed by atoms with Crippen LogP contribution in [0, 0.1) is 6.54 Å². The molecule has 4 heteroatoms. The highest BCUT2D eigenvalue weighted by molar-refractivity contribution is 6.12. The van der Waals surface area contributed by atoms with E-state index in [1.807, 2.05) is 0 Å². The van der Waals surface area contributed by atoms with Gasteiger partial charge in [0.25, 0.3) is 5.91 Å². The topological polar surface area (TPSA) is 58.2 Å². The van der Waals surface area contributed by atoms with Crippen molar-refractivity contribution >= 4 is 11.7 Å². The number of hydrogen-bond acceptors (Lipinski definition) is 3. The number of ketones is 1. The summed E-state index contributed by atoms with van der Waals surface area (Å²) in [4.78, 5) is 22.6. The number of hydrogen-bond donors (Lipinski definition) is 2. The number of carbonyl (C=O) groups is 2. The summed E-state index contributed by atoms with van der Waals surface area (Å²) in [7, 11) is 0. The average Bonchev–Trinajstić information content (AvgIpc) is 2.29. The van der Waals surface area contributed by atoms with Crippen LogP contribution in [0.2, 0.25) is 0 Å². The van der Waals surface area contributed by atoms with Gasteiger partial charge in [-0.1, -0.05) is 18.2 Å². The van der Waals surface area contributed by atoms with Gasteiger partial charge in [-0.3, -0.25) is 15.0 Å². The van der Waals surface area contributed by atoms with Gasteiger partial charge in [0.05, 0.1) is 5.56 Å². The van der Waals surface area contributed by atoms with Gasteiger partial charge in [-0.25, -0.2) is 5.43 Å². The summed E-state index contributed by atoms with van der Waals surface area (Å²) in [6, 6.07) is 6.60. The molecule has 0 saturated carbocycles. The second-order valence-electron chi connectivity index (χ2n) is 2.58. The van der Waals surface area contributed by atoms with Crippen LogP contribution in [0.5, 0.6) is 0 Å². The van der Waals surface area contributed by atoms with Crippen molar-refractivity contribution in [2.75, 3.05) is 0 Å². The third-order valence-electron chi connectivity index (χ3n) is 1.77. The molecule has 2 rings (SSSR count). The standard InChI is InChI=1S/C9H6N2O2/c12-8-5-10-11-9(13)7-4-2-1-3-6(7)8/h1-4,10H,(H,11,13). The summed E-state index contributed by atoms with van der Waals surface area (Å²) in [6.45, 7) is 2.31. The van der Waals surface area contributed by atoms with Crippen LogP contribution in [0.15, 0.2) is 24.3 Å². The smallest absolute Gasteiger partial charge is 0.266 e. The maximum atomic E-state index is 11.3. The highest BCUT2D eigenvalue weighted by Gasteiger charge is 2.20. The Morgan fingerprint density at radius 3 is 2.54 bits per heavy atom. The van der Waals surface area contributed by atoms with E-state index >= 15 is 0 Å². The van der Waals surface area contributed by atoms with Gasteiger partial charge in [0.15, 0.2) is 12.3 Å². The van der Waals surface area contributed by atoms with Crippen molar-refractivity contribution in [3.05, 3.63) is 41.9 Å². The molecule has 13 heavy (non-hydrogen) atoms. The second kappa shape index (κ2) is 2.99. The second-order valence-corrected chi connectivity index (χ2v) is 2.58. The number of benzene rings is 1. The third-order valence-corrected chi connectivity index (χ3v) is 1.77. The Hall–Kier alpha value is -1.68. The molecular formula is C9H6N2O2. The molecule has 2 N–H and O–H groups in total. The maximum Gasteiger partial charge on any atom is 0.266 e. The Labute approximate surface area is 74.9 Å². The summed E-state index contributed by atoms with van der Waals surface area (Å²) >= 11 is 0.